The van der Waals surface area contributed by atoms with Gasteiger partial charge >= 0.3 is 5.69 Å². The van der Waals surface area contributed by atoms with E-state index in [4.69, 9.17) is 4.74 Å². The van der Waals surface area contributed by atoms with Crippen LogP contribution in [0.5, 0.6) is 0 Å². The van der Waals surface area contributed by atoms with Crippen LogP contribution >= 0.6 is 0 Å². The third kappa shape index (κ3) is 1.74. The molecule has 1 saturated carbocycles. The molecule has 0 N–H and O–H groups in total. The Kier molecular flexibility index (Phi) is 2.25. The van der Waals surface area contributed by atoms with Gasteiger partial charge < -0.3 is 4.74 Å². The molecule has 5 heteroatoms. The predicted molar refractivity (Wildman–Crippen MR) is 58.1 cm³/mol. The SMILES string of the molecule is O=c1n(COCC2CC2)nc2ccccn12. The van der Waals surface area contributed by atoms with E-state index in [1.807, 2.05) is 12.1 Å². The van der Waals surface area contributed by atoms with E-state index in [-0.39, 0.29) is 12.4 Å². The average molecular weight is 219 g/mol. The molecule has 0 saturated heterocycles. The van der Waals surface area contributed by atoms with Crippen LogP contribution in [0.15, 0.2) is 29.2 Å². The normalized spacial score (nSPS) is 15.8. The quantitative estimate of drug-likeness (QED) is 0.767. The van der Waals surface area contributed by atoms with Gasteiger partial charge in [-0.2, -0.15) is 4.68 Å². The van der Waals surface area contributed by atoms with Crippen LogP contribution in [0.4, 0.5) is 0 Å². The first-order valence-corrected chi connectivity index (χ1v) is 5.46. The molecular weight excluding hydrogens is 206 g/mol. The molecular formula is C11H13N3O2. The highest BCUT2D eigenvalue weighted by Gasteiger charge is 2.21. The van der Waals surface area contributed by atoms with Crippen LogP contribution in [-0.2, 0) is 11.5 Å². The Hall–Kier alpha value is -1.62. The van der Waals surface area contributed by atoms with Crippen LogP contribution in [0.3, 0.4) is 0 Å². The lowest BCUT2D eigenvalue weighted by molar-refractivity contribution is 0.0590. The van der Waals surface area contributed by atoms with Gasteiger partial charge in [-0.05, 0) is 30.9 Å². The molecule has 0 aromatic carbocycles. The average Bonchev–Trinajstić information content (AvgIpc) is 3.06. The molecule has 2 aromatic rings. The van der Waals surface area contributed by atoms with Crippen LogP contribution in [0.25, 0.3) is 5.65 Å². The lowest BCUT2D eigenvalue weighted by Crippen LogP contribution is -2.22. The zero-order chi connectivity index (χ0) is 11.0. The molecule has 84 valence electrons. The van der Waals surface area contributed by atoms with Crippen molar-refractivity contribution < 1.29 is 4.74 Å². The van der Waals surface area contributed by atoms with Gasteiger partial charge in [0.25, 0.3) is 0 Å². The Labute approximate surface area is 92.3 Å². The first kappa shape index (κ1) is 9.59. The summed E-state index contributed by atoms with van der Waals surface area (Å²) in [6.45, 7) is 0.983. The Balaban J connectivity index is 1.80. The number of pyridine rings is 1. The molecule has 0 unspecified atom stereocenters. The number of nitrogens with zero attached hydrogens (tertiary/aromatic N) is 3. The molecule has 5 nitrogen and oxygen atoms in total. The molecule has 0 amide bonds. The summed E-state index contributed by atoms with van der Waals surface area (Å²) in [6, 6.07) is 5.47. The van der Waals surface area contributed by atoms with Gasteiger partial charge in [0.15, 0.2) is 5.65 Å². The summed E-state index contributed by atoms with van der Waals surface area (Å²) < 4.78 is 8.31. The van der Waals surface area contributed by atoms with Crippen molar-refractivity contribution >= 4 is 5.65 Å². The largest absolute Gasteiger partial charge is 0.359 e. The molecule has 2 aromatic heterocycles. The summed E-state index contributed by atoms with van der Waals surface area (Å²) in [6.07, 6.45) is 4.21. The molecule has 1 aliphatic rings. The van der Waals surface area contributed by atoms with E-state index in [2.05, 4.69) is 5.10 Å². The minimum atomic E-state index is -0.147. The zero-order valence-corrected chi connectivity index (χ0v) is 8.87. The van der Waals surface area contributed by atoms with Crippen molar-refractivity contribution in [2.45, 2.75) is 19.6 Å². The van der Waals surface area contributed by atoms with Crippen molar-refractivity contribution in [3.8, 4) is 0 Å². The van der Waals surface area contributed by atoms with Crippen molar-refractivity contribution in [1.29, 1.82) is 0 Å². The molecule has 16 heavy (non-hydrogen) atoms. The number of aromatic nitrogens is 3. The second kappa shape index (κ2) is 3.75. The van der Waals surface area contributed by atoms with E-state index >= 15 is 0 Å². The number of hydrogen-bond donors (Lipinski definition) is 0. The maximum absolute atomic E-state index is 11.8. The molecule has 0 aliphatic heterocycles. The summed E-state index contributed by atoms with van der Waals surface area (Å²) >= 11 is 0. The van der Waals surface area contributed by atoms with Crippen LogP contribution in [0.2, 0.25) is 0 Å². The Bertz CT molecular complexity index is 554. The number of rotatable bonds is 4. The highest BCUT2D eigenvalue weighted by Crippen LogP contribution is 2.28. The topological polar surface area (TPSA) is 48.5 Å². The molecule has 0 spiro atoms. The molecule has 0 bridgehead atoms. The molecule has 0 atom stereocenters. The van der Waals surface area contributed by atoms with Gasteiger partial charge in [0.2, 0.25) is 0 Å². The Morgan fingerprint density at radius 1 is 1.44 bits per heavy atom. The third-order valence-electron chi connectivity index (χ3n) is 2.75. The van der Waals surface area contributed by atoms with Gasteiger partial charge in [-0.25, -0.2) is 4.79 Å². The van der Waals surface area contributed by atoms with Crippen LogP contribution < -0.4 is 5.69 Å². The fourth-order valence-electron chi connectivity index (χ4n) is 1.64. The summed E-state index contributed by atoms with van der Waals surface area (Å²) in [4.78, 5) is 11.8. The number of hydrogen-bond acceptors (Lipinski definition) is 3. The van der Waals surface area contributed by atoms with Crippen molar-refractivity contribution in [1.82, 2.24) is 14.2 Å². The Morgan fingerprint density at radius 2 is 2.31 bits per heavy atom. The summed E-state index contributed by atoms with van der Waals surface area (Å²) in [5.74, 6) is 0.702. The minimum absolute atomic E-state index is 0.147. The van der Waals surface area contributed by atoms with Crippen LogP contribution in [-0.4, -0.2) is 20.8 Å². The smallest absolute Gasteiger partial charge is 0.352 e. The molecule has 1 fully saturated rings. The van der Waals surface area contributed by atoms with Crippen LogP contribution in [0.1, 0.15) is 12.8 Å². The second-order valence-corrected chi connectivity index (χ2v) is 4.15. The molecule has 0 radical (unpaired) electrons. The van der Waals surface area contributed by atoms with Gasteiger partial charge in [0, 0.05) is 6.20 Å². The monoisotopic (exact) mass is 219 g/mol. The number of fused-ring (bicyclic) bond motifs is 1. The standard InChI is InChI=1S/C11H13N3O2/c15-11-13-6-2-1-3-10(13)12-14(11)8-16-7-9-4-5-9/h1-3,6,9H,4-5,7-8H2. The van der Waals surface area contributed by atoms with Gasteiger partial charge in [-0.15, -0.1) is 5.10 Å². The minimum Gasteiger partial charge on any atom is -0.359 e. The maximum Gasteiger partial charge on any atom is 0.352 e. The molecule has 1 aliphatic carbocycles. The lowest BCUT2D eigenvalue weighted by atomic mass is 10.5. The van der Waals surface area contributed by atoms with E-state index in [9.17, 15) is 4.79 Å². The summed E-state index contributed by atoms with van der Waals surface area (Å²) in [7, 11) is 0. The fourth-order valence-corrected chi connectivity index (χ4v) is 1.64. The maximum atomic E-state index is 11.8. The summed E-state index contributed by atoms with van der Waals surface area (Å²) in [5, 5.41) is 4.17. The van der Waals surface area contributed by atoms with Crippen molar-refractivity contribution in [3.05, 3.63) is 34.9 Å². The predicted octanol–water partition coefficient (Wildman–Crippen LogP) is 0.880. The van der Waals surface area contributed by atoms with E-state index < -0.39 is 0 Å². The van der Waals surface area contributed by atoms with Gasteiger partial charge in [0.1, 0.15) is 6.73 Å². The van der Waals surface area contributed by atoms with E-state index in [1.54, 1.807) is 12.3 Å². The molecule has 3 rings (SSSR count). The van der Waals surface area contributed by atoms with Crippen molar-refractivity contribution in [2.75, 3.05) is 6.61 Å². The number of ether oxygens (including phenoxy) is 1. The molecule has 2 heterocycles. The van der Waals surface area contributed by atoms with Gasteiger partial charge in [0.05, 0.1) is 6.61 Å². The lowest BCUT2D eigenvalue weighted by Gasteiger charge is -2.00. The first-order valence-electron chi connectivity index (χ1n) is 5.46. The zero-order valence-electron chi connectivity index (χ0n) is 8.87. The fraction of sp³-hybridized carbons (Fsp3) is 0.455. The van der Waals surface area contributed by atoms with Gasteiger partial charge in [-0.3, -0.25) is 4.40 Å². The van der Waals surface area contributed by atoms with E-state index in [0.29, 0.717) is 11.6 Å². The van der Waals surface area contributed by atoms with Crippen molar-refractivity contribution in [2.24, 2.45) is 5.92 Å². The second-order valence-electron chi connectivity index (χ2n) is 4.15. The highest BCUT2D eigenvalue weighted by molar-refractivity contribution is 5.35. The van der Waals surface area contributed by atoms with Crippen LogP contribution in [0, 0.1) is 5.92 Å². The Morgan fingerprint density at radius 3 is 3.06 bits per heavy atom. The highest BCUT2D eigenvalue weighted by atomic mass is 16.5. The summed E-state index contributed by atoms with van der Waals surface area (Å²) in [5.41, 5.74) is 0.508. The van der Waals surface area contributed by atoms with E-state index in [0.717, 1.165) is 6.61 Å². The first-order chi connectivity index (χ1) is 7.84. The van der Waals surface area contributed by atoms with Gasteiger partial charge in [-0.1, -0.05) is 6.07 Å². The van der Waals surface area contributed by atoms with Crippen molar-refractivity contribution in [3.63, 3.8) is 0 Å². The van der Waals surface area contributed by atoms with E-state index in [1.165, 1.54) is 21.9 Å². The third-order valence-corrected chi connectivity index (χ3v) is 2.75.